The van der Waals surface area contributed by atoms with Gasteiger partial charge in [0.1, 0.15) is 12.7 Å². The molecule has 0 amide bonds. The lowest BCUT2D eigenvalue weighted by molar-refractivity contribution is 0.324. The molecule has 2 heterocycles. The minimum Gasteiger partial charge on any atom is -0.493 e. The van der Waals surface area contributed by atoms with Gasteiger partial charge in [0.15, 0.2) is 11.5 Å². The molecule has 0 spiro atoms. The number of ether oxygens (including phenoxy) is 3. The summed E-state index contributed by atoms with van der Waals surface area (Å²) in [5, 5.41) is 13.8. The van der Waals surface area contributed by atoms with E-state index in [0.717, 1.165) is 22.6 Å². The fourth-order valence-electron chi connectivity index (χ4n) is 3.71. The number of nitrogens with one attached hydrogen (secondary N) is 3. The van der Waals surface area contributed by atoms with E-state index in [9.17, 15) is 0 Å². The van der Waals surface area contributed by atoms with Crippen molar-refractivity contribution in [3.05, 3.63) is 72.1 Å². The van der Waals surface area contributed by atoms with Gasteiger partial charge in [-0.15, -0.1) is 0 Å². The average Bonchev–Trinajstić information content (AvgIpc) is 3.41. The van der Waals surface area contributed by atoms with Gasteiger partial charge < -0.3 is 24.8 Å². The fraction of sp³-hybridized carbons (Fsp3) is 0.231. The quantitative estimate of drug-likeness (QED) is 0.168. The molecule has 0 aliphatic heterocycles. The van der Waals surface area contributed by atoms with Crippen LogP contribution in [0.3, 0.4) is 0 Å². The van der Waals surface area contributed by atoms with Crippen molar-refractivity contribution in [2.24, 2.45) is 4.99 Å². The van der Waals surface area contributed by atoms with E-state index in [4.69, 9.17) is 26.4 Å². The molecule has 0 aliphatic carbocycles. The predicted octanol–water partition coefficient (Wildman–Crippen LogP) is 4.04. The second kappa shape index (κ2) is 12.6. The molecule has 0 unspecified atom stereocenters. The summed E-state index contributed by atoms with van der Waals surface area (Å²) < 4.78 is 18.0. The Morgan fingerprint density at radius 2 is 1.54 bits per heavy atom. The number of aryl methyl sites for hydroxylation is 2. The van der Waals surface area contributed by atoms with Gasteiger partial charge in [0.05, 0.1) is 27.9 Å². The Balaban J connectivity index is 1.57. The zero-order valence-corrected chi connectivity index (χ0v) is 23.0. The van der Waals surface area contributed by atoms with Crippen molar-refractivity contribution >= 4 is 40.6 Å². The number of methoxy groups -OCH3 is 3. The molecule has 0 fully saturated rings. The van der Waals surface area contributed by atoms with E-state index in [1.807, 2.05) is 44.2 Å². The lowest BCUT2D eigenvalue weighted by atomic mass is 10.2. The maximum atomic E-state index is 5.55. The third kappa shape index (κ3) is 7.38. The first-order valence-electron chi connectivity index (χ1n) is 11.8. The van der Waals surface area contributed by atoms with E-state index in [0.29, 0.717) is 41.4 Å². The van der Waals surface area contributed by atoms with Gasteiger partial charge in [-0.25, -0.2) is 19.6 Å². The number of nitrogens with zero attached hydrogens (tertiary/aromatic N) is 6. The molecule has 2 aromatic carbocycles. The standard InChI is InChI=1S/C26H29N9O3S/c1-16-10-17(2)30-24(29-16)33-25(31-19-8-6-18(7-9-19)13-35-15-27-14-28-35)34-26(39)32-20-11-21(36-3)23(38-5)22(12-20)37-4/h6-12,14-15H,13H2,1-5H3,(H3,29,30,31,32,33,34,39). The van der Waals surface area contributed by atoms with Crippen molar-refractivity contribution in [3.63, 3.8) is 0 Å². The summed E-state index contributed by atoms with van der Waals surface area (Å²) in [5.41, 5.74) is 4.09. The number of aromatic nitrogens is 5. The Morgan fingerprint density at radius 1 is 0.872 bits per heavy atom. The average molecular weight is 548 g/mol. The third-order valence-electron chi connectivity index (χ3n) is 5.37. The summed E-state index contributed by atoms with van der Waals surface area (Å²) >= 11 is 5.55. The monoisotopic (exact) mass is 547 g/mol. The van der Waals surface area contributed by atoms with E-state index in [-0.39, 0.29) is 5.11 Å². The van der Waals surface area contributed by atoms with Crippen LogP contribution in [0.4, 0.5) is 17.3 Å². The van der Waals surface area contributed by atoms with Crippen LogP contribution >= 0.6 is 12.2 Å². The molecule has 4 aromatic rings. The highest BCUT2D eigenvalue weighted by Crippen LogP contribution is 2.39. The van der Waals surface area contributed by atoms with Gasteiger partial charge in [-0.1, -0.05) is 12.1 Å². The second-order valence-electron chi connectivity index (χ2n) is 8.32. The van der Waals surface area contributed by atoms with Crippen molar-refractivity contribution in [2.75, 3.05) is 37.3 Å². The molecular formula is C26H29N9O3S. The van der Waals surface area contributed by atoms with E-state index < -0.39 is 0 Å². The van der Waals surface area contributed by atoms with Crippen molar-refractivity contribution in [1.29, 1.82) is 0 Å². The van der Waals surface area contributed by atoms with Gasteiger partial charge in [0.2, 0.25) is 22.8 Å². The molecule has 0 saturated carbocycles. The number of hydrogen-bond donors (Lipinski definition) is 3. The van der Waals surface area contributed by atoms with Crippen LogP contribution in [-0.4, -0.2) is 57.1 Å². The van der Waals surface area contributed by atoms with Crippen LogP contribution in [0.15, 0.2) is 60.1 Å². The lowest BCUT2D eigenvalue weighted by Crippen LogP contribution is -2.26. The summed E-state index contributed by atoms with van der Waals surface area (Å²) in [6, 6.07) is 13.2. The molecule has 39 heavy (non-hydrogen) atoms. The molecule has 4 rings (SSSR count). The van der Waals surface area contributed by atoms with Gasteiger partial charge in [0, 0.05) is 34.9 Å². The molecule has 3 N–H and O–H groups in total. The van der Waals surface area contributed by atoms with Crippen molar-refractivity contribution < 1.29 is 14.2 Å². The van der Waals surface area contributed by atoms with Crippen molar-refractivity contribution in [3.8, 4) is 17.2 Å². The van der Waals surface area contributed by atoms with Gasteiger partial charge >= 0.3 is 0 Å². The Hall–Kier alpha value is -4.78. The molecular weight excluding hydrogens is 518 g/mol. The molecule has 0 bridgehead atoms. The van der Waals surface area contributed by atoms with Crippen LogP contribution in [0.25, 0.3) is 0 Å². The number of hydrogen-bond acceptors (Lipinski definition) is 8. The first-order valence-corrected chi connectivity index (χ1v) is 12.2. The van der Waals surface area contributed by atoms with Crippen LogP contribution in [-0.2, 0) is 6.54 Å². The molecule has 202 valence electrons. The number of rotatable bonds is 8. The van der Waals surface area contributed by atoms with Crippen LogP contribution in [0.2, 0.25) is 0 Å². The zero-order valence-electron chi connectivity index (χ0n) is 22.2. The molecule has 2 aromatic heterocycles. The summed E-state index contributed by atoms with van der Waals surface area (Å²) in [4.78, 5) is 17.5. The Bertz CT molecular complexity index is 1410. The SMILES string of the molecule is COc1cc(NC(=S)/N=C(\Nc2ccc(Cn3cncn3)cc2)Nc2nc(C)cc(C)n2)cc(OC)c1OC. The van der Waals surface area contributed by atoms with Gasteiger partial charge in [0.25, 0.3) is 0 Å². The summed E-state index contributed by atoms with van der Waals surface area (Å²) in [6.07, 6.45) is 3.18. The van der Waals surface area contributed by atoms with Crippen molar-refractivity contribution in [2.45, 2.75) is 20.4 Å². The van der Waals surface area contributed by atoms with E-state index in [1.54, 1.807) is 44.5 Å². The highest BCUT2D eigenvalue weighted by atomic mass is 32.1. The minimum absolute atomic E-state index is 0.173. The maximum Gasteiger partial charge on any atom is 0.229 e. The first kappa shape index (κ1) is 27.3. The summed E-state index contributed by atoms with van der Waals surface area (Å²) in [5.74, 6) is 2.16. The summed E-state index contributed by atoms with van der Waals surface area (Å²) in [6.45, 7) is 4.40. The normalized spacial score (nSPS) is 11.1. The van der Waals surface area contributed by atoms with Gasteiger partial charge in [-0.3, -0.25) is 5.32 Å². The van der Waals surface area contributed by atoms with E-state index in [2.05, 4.69) is 41.0 Å². The molecule has 0 radical (unpaired) electrons. The highest BCUT2D eigenvalue weighted by Gasteiger charge is 2.14. The molecule has 0 aliphatic rings. The Morgan fingerprint density at radius 3 is 2.10 bits per heavy atom. The fourth-order valence-corrected chi connectivity index (χ4v) is 3.92. The molecule has 0 atom stereocenters. The topological polar surface area (TPSA) is 133 Å². The maximum absolute atomic E-state index is 5.55. The third-order valence-corrected chi connectivity index (χ3v) is 5.56. The number of benzene rings is 2. The lowest BCUT2D eigenvalue weighted by Gasteiger charge is -2.16. The first-order chi connectivity index (χ1) is 18.9. The van der Waals surface area contributed by atoms with Gasteiger partial charge in [-0.05, 0) is 49.8 Å². The second-order valence-corrected chi connectivity index (χ2v) is 8.71. The molecule has 0 saturated heterocycles. The summed E-state index contributed by atoms with van der Waals surface area (Å²) in [7, 11) is 4.64. The predicted molar refractivity (Wildman–Crippen MR) is 154 cm³/mol. The van der Waals surface area contributed by atoms with Crippen LogP contribution in [0.1, 0.15) is 17.0 Å². The minimum atomic E-state index is 0.173. The zero-order chi connectivity index (χ0) is 27.8. The number of aliphatic imine (C=N–C) groups is 1. The van der Waals surface area contributed by atoms with Crippen LogP contribution in [0.5, 0.6) is 17.2 Å². The largest absolute Gasteiger partial charge is 0.493 e. The number of thiocarbonyl (C=S) groups is 1. The van der Waals surface area contributed by atoms with Crippen LogP contribution < -0.4 is 30.2 Å². The Kier molecular flexibility index (Phi) is 8.84. The van der Waals surface area contributed by atoms with Gasteiger partial charge in [-0.2, -0.15) is 10.1 Å². The Labute approximate surface area is 231 Å². The molecule has 13 heteroatoms. The smallest absolute Gasteiger partial charge is 0.229 e. The number of anilines is 3. The highest BCUT2D eigenvalue weighted by molar-refractivity contribution is 7.80. The van der Waals surface area contributed by atoms with E-state index >= 15 is 0 Å². The van der Waals surface area contributed by atoms with Crippen molar-refractivity contribution in [1.82, 2.24) is 24.7 Å². The molecule has 12 nitrogen and oxygen atoms in total. The number of guanidine groups is 1. The van der Waals surface area contributed by atoms with E-state index in [1.165, 1.54) is 6.33 Å². The van der Waals surface area contributed by atoms with Crippen LogP contribution in [0, 0.1) is 13.8 Å².